The van der Waals surface area contributed by atoms with Crippen LogP contribution >= 0.6 is 11.3 Å². The van der Waals surface area contributed by atoms with Crippen LogP contribution in [0.4, 0.5) is 0 Å². The first kappa shape index (κ1) is 20.8. The van der Waals surface area contributed by atoms with Gasteiger partial charge >= 0.3 is 0 Å². The molecule has 0 radical (unpaired) electrons. The van der Waals surface area contributed by atoms with E-state index in [1.165, 1.54) is 15.6 Å². The van der Waals surface area contributed by atoms with Gasteiger partial charge in [0.15, 0.2) is 0 Å². The van der Waals surface area contributed by atoms with Crippen molar-refractivity contribution in [2.24, 2.45) is 0 Å². The molecule has 0 N–H and O–H groups in total. The largest absolute Gasteiger partial charge is 0.494 e. The summed E-state index contributed by atoms with van der Waals surface area (Å²) < 4.78 is 32.9. The lowest BCUT2D eigenvalue weighted by Gasteiger charge is -2.34. The average Bonchev–Trinajstić information content (AvgIpc) is 3.02. The van der Waals surface area contributed by atoms with Gasteiger partial charge in [-0.1, -0.05) is 0 Å². The number of nitrogens with zero attached hydrogens (tertiary/aromatic N) is 2. The molecule has 1 fully saturated rings. The number of sulfonamides is 1. The highest BCUT2D eigenvalue weighted by Crippen LogP contribution is 2.28. The Balaban J connectivity index is 1.69. The number of thiophene rings is 1. The smallest absolute Gasteiger partial charge is 0.253 e. The molecule has 1 amide bonds. The Morgan fingerprint density at radius 1 is 1.11 bits per heavy atom. The molecule has 0 aliphatic carbocycles. The van der Waals surface area contributed by atoms with E-state index < -0.39 is 10.0 Å². The fourth-order valence-corrected chi connectivity index (χ4v) is 6.36. The number of carbonyl (C=O) groups is 1. The number of benzene rings is 1. The van der Waals surface area contributed by atoms with Crippen LogP contribution in [-0.4, -0.2) is 56.3 Å². The van der Waals surface area contributed by atoms with Gasteiger partial charge in [-0.3, -0.25) is 4.79 Å². The van der Waals surface area contributed by atoms with E-state index in [0.29, 0.717) is 43.2 Å². The topological polar surface area (TPSA) is 66.9 Å². The molecule has 3 rings (SSSR count). The highest BCUT2D eigenvalue weighted by Gasteiger charge is 2.32. The number of hydrogen-bond acceptors (Lipinski definition) is 5. The molecule has 1 aliphatic heterocycles. The normalized spacial score (nSPS) is 15.6. The van der Waals surface area contributed by atoms with E-state index in [1.54, 1.807) is 17.0 Å². The first-order valence-corrected chi connectivity index (χ1v) is 11.6. The lowest BCUT2D eigenvalue weighted by molar-refractivity contribution is 0.0697. The van der Waals surface area contributed by atoms with E-state index in [-0.39, 0.29) is 5.91 Å². The van der Waals surface area contributed by atoms with Gasteiger partial charge in [0.25, 0.3) is 5.91 Å². The predicted molar refractivity (Wildman–Crippen MR) is 111 cm³/mol. The lowest BCUT2D eigenvalue weighted by Crippen LogP contribution is -2.50. The van der Waals surface area contributed by atoms with Crippen molar-refractivity contribution < 1.29 is 17.9 Å². The van der Waals surface area contributed by atoms with E-state index in [4.69, 9.17) is 4.74 Å². The van der Waals surface area contributed by atoms with Crippen LogP contribution in [0.15, 0.2) is 29.2 Å². The van der Waals surface area contributed by atoms with Crippen LogP contribution in [-0.2, 0) is 10.0 Å². The molecular weight excluding hydrogens is 396 g/mol. The number of carbonyl (C=O) groups excluding carboxylic acids is 1. The quantitative estimate of drug-likeness (QED) is 0.742. The first-order valence-electron chi connectivity index (χ1n) is 9.34. The molecule has 2 aromatic rings. The van der Waals surface area contributed by atoms with Crippen molar-refractivity contribution in [2.45, 2.75) is 32.6 Å². The number of piperazine rings is 1. The summed E-state index contributed by atoms with van der Waals surface area (Å²) in [4.78, 5) is 16.7. The highest BCUT2D eigenvalue weighted by atomic mass is 32.2. The summed E-state index contributed by atoms with van der Waals surface area (Å²) in [6, 6.07) is 7.14. The summed E-state index contributed by atoms with van der Waals surface area (Å²) in [6.07, 6.45) is 0. The minimum absolute atomic E-state index is 0.0780. The van der Waals surface area contributed by atoms with E-state index in [0.717, 1.165) is 21.1 Å². The molecule has 8 heteroatoms. The van der Waals surface area contributed by atoms with Crippen LogP contribution in [0.3, 0.4) is 0 Å². The fourth-order valence-electron chi connectivity index (χ4n) is 3.42. The van der Waals surface area contributed by atoms with Crippen molar-refractivity contribution in [3.05, 3.63) is 45.1 Å². The van der Waals surface area contributed by atoms with Crippen LogP contribution < -0.4 is 4.74 Å². The average molecular weight is 423 g/mol. The van der Waals surface area contributed by atoms with Crippen molar-refractivity contribution in [3.63, 3.8) is 0 Å². The van der Waals surface area contributed by atoms with Crippen LogP contribution in [0.25, 0.3) is 0 Å². The molecule has 1 aromatic carbocycles. The monoisotopic (exact) mass is 422 g/mol. The minimum Gasteiger partial charge on any atom is -0.494 e. The molecular formula is C20H26N2O4S2. The summed E-state index contributed by atoms with van der Waals surface area (Å²) in [5.74, 6) is 0.696. The lowest BCUT2D eigenvalue weighted by atomic mass is 10.1. The first-order chi connectivity index (χ1) is 13.2. The van der Waals surface area contributed by atoms with E-state index >= 15 is 0 Å². The van der Waals surface area contributed by atoms with Gasteiger partial charge in [-0.25, -0.2) is 8.42 Å². The highest BCUT2D eigenvalue weighted by molar-refractivity contribution is 7.89. The number of rotatable bonds is 5. The van der Waals surface area contributed by atoms with Crippen LogP contribution in [0.5, 0.6) is 5.75 Å². The van der Waals surface area contributed by atoms with Crippen LogP contribution in [0, 0.1) is 20.8 Å². The SMILES string of the molecule is CCOc1ccc(C(=O)N2CCN(S(=O)(=O)c3cc(C)sc3C)CC2)cc1C. The van der Waals surface area contributed by atoms with Crippen molar-refractivity contribution in [2.75, 3.05) is 32.8 Å². The molecule has 6 nitrogen and oxygen atoms in total. The summed E-state index contributed by atoms with van der Waals surface area (Å²) in [7, 11) is -3.52. The van der Waals surface area contributed by atoms with Gasteiger partial charge in [0.05, 0.1) is 11.5 Å². The third kappa shape index (κ3) is 4.09. The maximum atomic E-state index is 12.9. The second kappa shape index (κ2) is 8.23. The van der Waals surface area contributed by atoms with Crippen molar-refractivity contribution >= 4 is 27.3 Å². The Labute approximate surface area is 170 Å². The van der Waals surface area contributed by atoms with E-state index in [9.17, 15) is 13.2 Å². The minimum atomic E-state index is -3.52. The second-order valence-corrected chi connectivity index (χ2v) is 10.3. The fraction of sp³-hybridized carbons (Fsp3) is 0.450. The third-order valence-corrected chi connectivity index (χ3v) is 7.98. The molecule has 28 heavy (non-hydrogen) atoms. The van der Waals surface area contributed by atoms with Crippen molar-refractivity contribution in [1.29, 1.82) is 0 Å². The van der Waals surface area contributed by atoms with Gasteiger partial charge in [-0.05, 0) is 57.5 Å². The van der Waals surface area contributed by atoms with E-state index in [2.05, 4.69) is 0 Å². The van der Waals surface area contributed by atoms with Crippen molar-refractivity contribution in [1.82, 2.24) is 9.21 Å². The summed E-state index contributed by atoms with van der Waals surface area (Å²) in [5.41, 5.74) is 1.51. The van der Waals surface area contributed by atoms with Gasteiger partial charge < -0.3 is 9.64 Å². The zero-order valence-electron chi connectivity index (χ0n) is 16.7. The summed E-state index contributed by atoms with van der Waals surface area (Å²) >= 11 is 1.49. The molecule has 0 bridgehead atoms. The standard InChI is InChI=1S/C20H26N2O4S2/c1-5-26-18-7-6-17(12-14(18)2)20(23)21-8-10-22(11-9-21)28(24,25)19-13-15(3)27-16(19)4/h6-7,12-13H,5,8-11H2,1-4H3. The van der Waals surface area contributed by atoms with Gasteiger partial charge in [0, 0.05) is 41.5 Å². The van der Waals surface area contributed by atoms with Gasteiger partial charge in [0.1, 0.15) is 5.75 Å². The number of aryl methyl sites for hydroxylation is 3. The molecule has 0 unspecified atom stereocenters. The Morgan fingerprint density at radius 3 is 2.32 bits per heavy atom. The molecule has 0 atom stereocenters. The second-order valence-electron chi connectivity index (χ2n) is 6.89. The Hall–Kier alpha value is -1.90. The Morgan fingerprint density at radius 2 is 1.79 bits per heavy atom. The van der Waals surface area contributed by atoms with Crippen molar-refractivity contribution in [3.8, 4) is 5.75 Å². The summed E-state index contributed by atoms with van der Waals surface area (Å²) in [5, 5.41) is 0. The maximum absolute atomic E-state index is 12.9. The van der Waals surface area contributed by atoms with Crippen LogP contribution in [0.2, 0.25) is 0 Å². The molecule has 1 saturated heterocycles. The number of ether oxygens (including phenoxy) is 1. The van der Waals surface area contributed by atoms with Crippen LogP contribution in [0.1, 0.15) is 32.6 Å². The zero-order chi connectivity index (χ0) is 20.5. The molecule has 152 valence electrons. The summed E-state index contributed by atoms with van der Waals surface area (Å²) in [6.45, 7) is 9.52. The predicted octanol–water partition coefficient (Wildman–Crippen LogP) is 3.22. The molecule has 0 spiro atoms. The molecule has 1 aromatic heterocycles. The zero-order valence-corrected chi connectivity index (χ0v) is 18.3. The van der Waals surface area contributed by atoms with Gasteiger partial charge in [0.2, 0.25) is 10.0 Å². The van der Waals surface area contributed by atoms with Gasteiger partial charge in [-0.15, -0.1) is 11.3 Å². The van der Waals surface area contributed by atoms with Gasteiger partial charge in [-0.2, -0.15) is 4.31 Å². The number of hydrogen-bond donors (Lipinski definition) is 0. The maximum Gasteiger partial charge on any atom is 0.253 e. The molecule has 0 saturated carbocycles. The Kier molecular flexibility index (Phi) is 6.12. The van der Waals surface area contributed by atoms with E-state index in [1.807, 2.05) is 39.8 Å². The third-order valence-electron chi connectivity index (χ3n) is 4.86. The molecule has 1 aliphatic rings. The Bertz CT molecular complexity index is 974. The number of amides is 1. The molecule has 2 heterocycles.